The predicted molar refractivity (Wildman–Crippen MR) is 60.9 cm³/mol. The lowest BCUT2D eigenvalue weighted by Gasteiger charge is -2.16. The molecule has 0 amide bonds. The number of halogens is 3. The molecule has 0 bridgehead atoms. The summed E-state index contributed by atoms with van der Waals surface area (Å²) in [7, 11) is 0. The zero-order valence-corrected chi connectivity index (χ0v) is 9.88. The monoisotopic (exact) mass is 243 g/mol. The molecule has 1 aromatic carbocycles. The first-order valence-electron chi connectivity index (χ1n) is 5.81. The molecule has 0 spiro atoms. The Kier molecular flexibility index (Phi) is 3.17. The maximum Gasteiger partial charge on any atom is 0.416 e. The topological polar surface area (TPSA) is 12.0 Å². The van der Waals surface area contributed by atoms with Gasteiger partial charge in [0.15, 0.2) is 0 Å². The third-order valence-corrected chi connectivity index (χ3v) is 3.42. The minimum Gasteiger partial charge on any atom is -0.311 e. The second-order valence-electron chi connectivity index (χ2n) is 4.82. The second-order valence-corrected chi connectivity index (χ2v) is 4.82. The fourth-order valence-corrected chi connectivity index (χ4v) is 2.56. The van der Waals surface area contributed by atoms with Crippen molar-refractivity contribution in [3.8, 4) is 0 Å². The van der Waals surface area contributed by atoms with E-state index < -0.39 is 11.7 Å². The van der Waals surface area contributed by atoms with Gasteiger partial charge in [0.2, 0.25) is 0 Å². The number of nitrogens with one attached hydrogen (secondary N) is 1. The quantitative estimate of drug-likeness (QED) is 0.795. The van der Waals surface area contributed by atoms with Crippen LogP contribution >= 0.6 is 0 Å². The molecule has 1 saturated heterocycles. The molecular formula is C13H16F3N. The Morgan fingerprint density at radius 3 is 2.12 bits per heavy atom. The van der Waals surface area contributed by atoms with E-state index >= 15 is 0 Å². The third-order valence-electron chi connectivity index (χ3n) is 3.42. The van der Waals surface area contributed by atoms with E-state index in [0.29, 0.717) is 18.0 Å². The fourth-order valence-electron chi connectivity index (χ4n) is 2.56. The van der Waals surface area contributed by atoms with Crippen LogP contribution in [-0.2, 0) is 6.18 Å². The Morgan fingerprint density at radius 1 is 1.12 bits per heavy atom. The summed E-state index contributed by atoms with van der Waals surface area (Å²) in [5, 5.41) is 3.39. The number of rotatable bonds is 1. The van der Waals surface area contributed by atoms with Gasteiger partial charge in [-0.2, -0.15) is 13.2 Å². The van der Waals surface area contributed by atoms with Crippen molar-refractivity contribution in [1.82, 2.24) is 5.32 Å². The minimum atomic E-state index is -4.24. The predicted octanol–water partition coefficient (Wildman–Crippen LogP) is 3.56. The smallest absolute Gasteiger partial charge is 0.311 e. The summed E-state index contributed by atoms with van der Waals surface area (Å²) in [5.74, 6) is 0.312. The van der Waals surface area contributed by atoms with Gasteiger partial charge in [-0.05, 0) is 38.0 Å². The molecule has 1 heterocycles. The number of hydrogen-bond acceptors (Lipinski definition) is 1. The van der Waals surface area contributed by atoms with Crippen LogP contribution in [0, 0.1) is 0 Å². The molecule has 17 heavy (non-hydrogen) atoms. The lowest BCUT2D eigenvalue weighted by Crippen LogP contribution is -2.26. The Morgan fingerprint density at radius 2 is 1.71 bits per heavy atom. The molecule has 94 valence electrons. The first kappa shape index (κ1) is 12.4. The van der Waals surface area contributed by atoms with Crippen molar-refractivity contribution >= 4 is 0 Å². The van der Waals surface area contributed by atoms with Crippen LogP contribution in [0.15, 0.2) is 24.3 Å². The van der Waals surface area contributed by atoms with Crippen LogP contribution < -0.4 is 5.32 Å². The highest BCUT2D eigenvalue weighted by Gasteiger charge is 2.32. The molecule has 1 aromatic rings. The maximum absolute atomic E-state index is 12.4. The van der Waals surface area contributed by atoms with E-state index in [1.54, 1.807) is 12.1 Å². The van der Waals surface area contributed by atoms with Crippen molar-refractivity contribution in [3.05, 3.63) is 35.4 Å². The number of hydrogen-bond donors (Lipinski definition) is 1. The van der Waals surface area contributed by atoms with Crippen molar-refractivity contribution < 1.29 is 13.2 Å². The van der Waals surface area contributed by atoms with E-state index in [-0.39, 0.29) is 0 Å². The molecule has 0 aromatic heterocycles. The first-order valence-corrected chi connectivity index (χ1v) is 5.81. The molecule has 2 rings (SSSR count). The summed E-state index contributed by atoms with van der Waals surface area (Å²) in [6.45, 7) is 4.17. The molecule has 1 aliphatic heterocycles. The van der Waals surface area contributed by atoms with E-state index in [1.165, 1.54) is 12.1 Å². The van der Waals surface area contributed by atoms with Gasteiger partial charge >= 0.3 is 6.18 Å². The van der Waals surface area contributed by atoms with E-state index in [2.05, 4.69) is 19.2 Å². The van der Waals surface area contributed by atoms with Crippen LogP contribution in [0.2, 0.25) is 0 Å². The van der Waals surface area contributed by atoms with Gasteiger partial charge in [-0.15, -0.1) is 0 Å². The van der Waals surface area contributed by atoms with Gasteiger partial charge in [0.05, 0.1) is 5.56 Å². The largest absolute Gasteiger partial charge is 0.416 e. The average Bonchev–Trinajstić information content (AvgIpc) is 2.57. The summed E-state index contributed by atoms with van der Waals surface area (Å²) in [4.78, 5) is 0. The minimum absolute atomic E-state index is 0.312. The molecule has 1 nitrogen and oxygen atoms in total. The van der Waals surface area contributed by atoms with Crippen LogP contribution in [0.4, 0.5) is 13.2 Å². The summed E-state index contributed by atoms with van der Waals surface area (Å²) in [5.41, 5.74) is 0.412. The molecular weight excluding hydrogens is 227 g/mol. The van der Waals surface area contributed by atoms with Crippen LogP contribution in [-0.4, -0.2) is 12.1 Å². The Labute approximate surface area is 99.0 Å². The zero-order valence-electron chi connectivity index (χ0n) is 9.88. The molecule has 3 unspecified atom stereocenters. The molecule has 3 atom stereocenters. The van der Waals surface area contributed by atoms with Gasteiger partial charge < -0.3 is 5.32 Å². The normalized spacial score (nSPS) is 29.6. The van der Waals surface area contributed by atoms with Gasteiger partial charge in [0.1, 0.15) is 0 Å². The van der Waals surface area contributed by atoms with Crippen LogP contribution in [0.3, 0.4) is 0 Å². The van der Waals surface area contributed by atoms with E-state index in [1.807, 2.05) is 0 Å². The average molecular weight is 243 g/mol. The van der Waals surface area contributed by atoms with Gasteiger partial charge in [-0.25, -0.2) is 0 Å². The third kappa shape index (κ3) is 2.63. The summed E-state index contributed by atoms with van der Waals surface area (Å²) in [6, 6.07) is 6.29. The van der Waals surface area contributed by atoms with E-state index in [0.717, 1.165) is 12.0 Å². The Balaban J connectivity index is 2.19. The van der Waals surface area contributed by atoms with Crippen molar-refractivity contribution in [2.75, 3.05) is 0 Å². The van der Waals surface area contributed by atoms with Crippen LogP contribution in [0.25, 0.3) is 0 Å². The summed E-state index contributed by atoms with van der Waals surface area (Å²) >= 11 is 0. The highest BCUT2D eigenvalue weighted by atomic mass is 19.4. The van der Waals surface area contributed by atoms with Crippen molar-refractivity contribution in [3.63, 3.8) is 0 Å². The highest BCUT2D eigenvalue weighted by Crippen LogP contribution is 2.34. The van der Waals surface area contributed by atoms with Gasteiger partial charge in [0, 0.05) is 18.0 Å². The summed E-state index contributed by atoms with van der Waals surface area (Å²) < 4.78 is 37.3. The molecule has 1 N–H and O–H groups in total. The van der Waals surface area contributed by atoms with Crippen molar-refractivity contribution in [2.45, 2.75) is 44.4 Å². The van der Waals surface area contributed by atoms with Gasteiger partial charge in [0.25, 0.3) is 0 Å². The van der Waals surface area contributed by atoms with Crippen LogP contribution in [0.1, 0.15) is 37.3 Å². The molecule has 1 fully saturated rings. The SMILES string of the molecule is CC1CC(c2ccc(C(F)(F)F)cc2)C(C)N1. The first-order chi connectivity index (χ1) is 7.88. The molecule has 0 radical (unpaired) electrons. The molecule has 4 heteroatoms. The number of benzene rings is 1. The molecule has 1 aliphatic rings. The lowest BCUT2D eigenvalue weighted by atomic mass is 9.91. The van der Waals surface area contributed by atoms with Crippen LogP contribution in [0.5, 0.6) is 0 Å². The molecule has 0 saturated carbocycles. The summed E-state index contributed by atoms with van der Waals surface area (Å²) in [6.07, 6.45) is -3.27. The fraction of sp³-hybridized carbons (Fsp3) is 0.538. The van der Waals surface area contributed by atoms with Crippen molar-refractivity contribution in [2.24, 2.45) is 0 Å². The maximum atomic E-state index is 12.4. The van der Waals surface area contributed by atoms with Gasteiger partial charge in [-0.3, -0.25) is 0 Å². The second kappa shape index (κ2) is 4.33. The Bertz CT molecular complexity index is 383. The zero-order chi connectivity index (χ0) is 12.6. The standard InChI is InChI=1S/C13H16F3N/c1-8-7-12(9(2)17-8)10-3-5-11(6-4-10)13(14,15)16/h3-6,8-9,12,17H,7H2,1-2H3. The van der Waals surface area contributed by atoms with E-state index in [4.69, 9.17) is 0 Å². The van der Waals surface area contributed by atoms with Crippen molar-refractivity contribution in [1.29, 1.82) is 0 Å². The Hall–Kier alpha value is -1.03. The number of alkyl halides is 3. The van der Waals surface area contributed by atoms with Gasteiger partial charge in [-0.1, -0.05) is 12.1 Å². The highest BCUT2D eigenvalue weighted by molar-refractivity contribution is 5.29. The lowest BCUT2D eigenvalue weighted by molar-refractivity contribution is -0.137. The molecule has 0 aliphatic carbocycles. The van der Waals surface area contributed by atoms with E-state index in [9.17, 15) is 13.2 Å².